The summed E-state index contributed by atoms with van der Waals surface area (Å²) in [6.07, 6.45) is 17.0. The fraction of sp³-hybridized carbons (Fsp3) is 0.108. The Bertz CT molecular complexity index is 3450. The molecule has 12 rings (SSSR count). The Balaban J connectivity index is 1.07. The molecule has 0 heterocycles. The Morgan fingerprint density at radius 2 is 1.18 bits per heavy atom. The second kappa shape index (κ2) is 16.1. The molecule has 2 heteroatoms. The monoisotopic (exact) mass is 859 g/mol. The van der Waals surface area contributed by atoms with E-state index in [9.17, 15) is 5.11 Å². The molecule has 4 aliphatic carbocycles. The molecule has 0 spiro atoms. The molecule has 320 valence electrons. The number of nitrogens with zero attached hydrogens (tertiary/aromatic N) is 1. The predicted molar refractivity (Wildman–Crippen MR) is 279 cm³/mol. The van der Waals surface area contributed by atoms with Crippen molar-refractivity contribution in [3.63, 3.8) is 0 Å². The molecule has 0 aliphatic heterocycles. The van der Waals surface area contributed by atoms with Crippen molar-refractivity contribution in [2.75, 3.05) is 4.90 Å². The lowest BCUT2D eigenvalue weighted by molar-refractivity contribution is 0.454. The van der Waals surface area contributed by atoms with E-state index in [1.807, 2.05) is 6.07 Å². The molecular formula is C65H49NO. The molecule has 0 aromatic heterocycles. The predicted octanol–water partition coefficient (Wildman–Crippen LogP) is 16.5. The summed E-state index contributed by atoms with van der Waals surface area (Å²) in [6.45, 7) is 4.71. The maximum Gasteiger partial charge on any atom is 0.123 e. The average Bonchev–Trinajstić information content (AvgIpc) is 3.62. The van der Waals surface area contributed by atoms with Crippen LogP contribution >= 0.6 is 0 Å². The standard InChI is InChI=1S/C65H49NO/c1-64(2)57-30-18-16-28-53(57)54-38-37-51(43-59(54)64)66(60-40-34-47(44-20-8-5-9-21-44)42-56(60)45-22-10-6-11-23-45)50-35-32-46(33-36-50)52-39-41-61(67)62-55-29-17-19-31-58(55)65(63(52)62,49-26-14-7-15-27-49)48-24-12-3-4-13-25-48/h3,5-12,14-24,26,28-43,49,67H,4,27H2,1-2H3. The van der Waals surface area contributed by atoms with Gasteiger partial charge >= 0.3 is 0 Å². The second-order valence-electron chi connectivity index (χ2n) is 18.7. The zero-order valence-corrected chi connectivity index (χ0v) is 37.7. The van der Waals surface area contributed by atoms with Gasteiger partial charge in [-0.1, -0.05) is 202 Å². The molecule has 8 aromatic carbocycles. The number of phenolic OH excluding ortho intramolecular Hbond substituents is 1. The maximum atomic E-state index is 12.0. The second-order valence-corrected chi connectivity index (χ2v) is 18.7. The molecule has 0 amide bonds. The van der Waals surface area contributed by atoms with Crippen LogP contribution < -0.4 is 4.90 Å². The van der Waals surface area contributed by atoms with Crippen molar-refractivity contribution in [1.82, 2.24) is 0 Å². The number of rotatable bonds is 8. The fourth-order valence-electron chi connectivity index (χ4n) is 11.6. The SMILES string of the molecule is CC1(C)c2ccccc2-c2ccc(N(c3ccc(-c4ccc(O)c5c4C(C4=CC=CCC#C4)(C4C=CC=CC4)c4ccccc4-5)cc3)c3ccc(-c4ccccc4)cc3-c3ccccc3)cc21. The first-order chi connectivity index (χ1) is 32.9. The van der Waals surface area contributed by atoms with Crippen LogP contribution in [0, 0.1) is 17.8 Å². The summed E-state index contributed by atoms with van der Waals surface area (Å²) < 4.78 is 0. The van der Waals surface area contributed by atoms with E-state index < -0.39 is 5.41 Å². The van der Waals surface area contributed by atoms with Gasteiger partial charge in [-0.15, -0.1) is 0 Å². The van der Waals surface area contributed by atoms with Crippen LogP contribution in [0.4, 0.5) is 17.1 Å². The topological polar surface area (TPSA) is 23.5 Å². The van der Waals surface area contributed by atoms with Gasteiger partial charge in [0.25, 0.3) is 0 Å². The Kier molecular flexibility index (Phi) is 9.70. The highest BCUT2D eigenvalue weighted by molar-refractivity contribution is 5.96. The van der Waals surface area contributed by atoms with Crippen LogP contribution in [0.2, 0.25) is 0 Å². The summed E-state index contributed by atoms with van der Waals surface area (Å²) in [7, 11) is 0. The van der Waals surface area contributed by atoms with E-state index in [2.05, 4.69) is 249 Å². The van der Waals surface area contributed by atoms with Crippen molar-refractivity contribution in [3.8, 4) is 73.2 Å². The first-order valence-corrected chi connectivity index (χ1v) is 23.5. The zero-order valence-electron chi connectivity index (χ0n) is 37.7. The molecule has 8 aromatic rings. The number of allylic oxidation sites excluding steroid dienone is 8. The Labute approximate surface area is 394 Å². The summed E-state index contributed by atoms with van der Waals surface area (Å²) in [5.41, 5.74) is 19.9. The van der Waals surface area contributed by atoms with Gasteiger partial charge in [-0.25, -0.2) is 0 Å². The lowest BCUT2D eigenvalue weighted by Crippen LogP contribution is -2.36. The maximum absolute atomic E-state index is 12.0. The van der Waals surface area contributed by atoms with Gasteiger partial charge in [0.15, 0.2) is 0 Å². The molecular weight excluding hydrogens is 811 g/mol. The van der Waals surface area contributed by atoms with Crippen LogP contribution in [0.25, 0.3) is 55.6 Å². The highest BCUT2D eigenvalue weighted by Gasteiger charge is 2.52. The quantitative estimate of drug-likeness (QED) is 0.154. The van der Waals surface area contributed by atoms with Gasteiger partial charge in [0, 0.05) is 39.9 Å². The first kappa shape index (κ1) is 40.4. The number of fused-ring (bicyclic) bond motifs is 6. The Morgan fingerprint density at radius 3 is 1.96 bits per heavy atom. The largest absolute Gasteiger partial charge is 0.507 e. The molecule has 4 aliphatic rings. The number of aromatic hydroxyl groups is 1. The van der Waals surface area contributed by atoms with Crippen LogP contribution in [0.5, 0.6) is 5.75 Å². The van der Waals surface area contributed by atoms with Crippen LogP contribution in [0.3, 0.4) is 0 Å². The molecule has 2 nitrogen and oxygen atoms in total. The van der Waals surface area contributed by atoms with Crippen molar-refractivity contribution in [2.24, 2.45) is 5.92 Å². The highest BCUT2D eigenvalue weighted by Crippen LogP contribution is 2.62. The van der Waals surface area contributed by atoms with E-state index in [0.717, 1.165) is 68.0 Å². The van der Waals surface area contributed by atoms with Crippen LogP contribution in [0.15, 0.2) is 230 Å². The van der Waals surface area contributed by atoms with Gasteiger partial charge in [0.1, 0.15) is 5.75 Å². The van der Waals surface area contributed by atoms with Gasteiger partial charge in [-0.3, -0.25) is 0 Å². The normalized spacial score (nSPS) is 17.9. The van der Waals surface area contributed by atoms with E-state index in [1.54, 1.807) is 0 Å². The molecule has 0 fully saturated rings. The number of benzene rings is 8. The van der Waals surface area contributed by atoms with E-state index in [4.69, 9.17) is 0 Å². The molecule has 2 unspecified atom stereocenters. The van der Waals surface area contributed by atoms with E-state index in [0.29, 0.717) is 6.42 Å². The number of phenols is 1. The highest BCUT2D eigenvalue weighted by atomic mass is 16.3. The third-order valence-corrected chi connectivity index (χ3v) is 14.7. The zero-order chi connectivity index (χ0) is 45.1. The Hall–Kier alpha value is -8.12. The van der Waals surface area contributed by atoms with Gasteiger partial charge in [-0.05, 0) is 128 Å². The summed E-state index contributed by atoms with van der Waals surface area (Å²) in [5.74, 6) is 7.50. The lowest BCUT2D eigenvalue weighted by Gasteiger charge is -2.40. The number of hydrogen-bond donors (Lipinski definition) is 1. The van der Waals surface area contributed by atoms with Gasteiger partial charge in [0.2, 0.25) is 0 Å². The van der Waals surface area contributed by atoms with Crippen LogP contribution in [0.1, 0.15) is 48.9 Å². The van der Waals surface area contributed by atoms with Crippen molar-refractivity contribution in [3.05, 3.63) is 252 Å². The van der Waals surface area contributed by atoms with Crippen molar-refractivity contribution < 1.29 is 5.11 Å². The Morgan fingerprint density at radius 1 is 0.522 bits per heavy atom. The van der Waals surface area contributed by atoms with E-state index in [-0.39, 0.29) is 17.1 Å². The molecule has 67 heavy (non-hydrogen) atoms. The van der Waals surface area contributed by atoms with Gasteiger partial charge in [0.05, 0.1) is 11.1 Å². The van der Waals surface area contributed by atoms with Crippen molar-refractivity contribution in [1.29, 1.82) is 0 Å². The van der Waals surface area contributed by atoms with Gasteiger partial charge < -0.3 is 10.0 Å². The molecule has 1 N–H and O–H groups in total. The minimum atomic E-state index is -0.631. The summed E-state index contributed by atoms with van der Waals surface area (Å²) >= 11 is 0. The number of hydrogen-bond acceptors (Lipinski definition) is 2. The minimum absolute atomic E-state index is 0.0766. The van der Waals surface area contributed by atoms with Crippen LogP contribution in [-0.2, 0) is 10.8 Å². The molecule has 0 saturated heterocycles. The summed E-state index contributed by atoms with van der Waals surface area (Å²) in [6, 6.07) is 66.0. The lowest BCUT2D eigenvalue weighted by atomic mass is 9.60. The fourth-order valence-corrected chi connectivity index (χ4v) is 11.6. The molecule has 0 saturated carbocycles. The van der Waals surface area contributed by atoms with E-state index >= 15 is 0 Å². The van der Waals surface area contributed by atoms with Crippen molar-refractivity contribution in [2.45, 2.75) is 37.5 Å². The molecule has 0 bridgehead atoms. The smallest absolute Gasteiger partial charge is 0.123 e. The number of anilines is 3. The van der Waals surface area contributed by atoms with Crippen LogP contribution in [-0.4, -0.2) is 5.11 Å². The van der Waals surface area contributed by atoms with E-state index in [1.165, 1.54) is 38.9 Å². The average molecular weight is 860 g/mol. The molecule has 2 atom stereocenters. The minimum Gasteiger partial charge on any atom is -0.507 e. The third kappa shape index (κ3) is 6.41. The molecule has 0 radical (unpaired) electrons. The van der Waals surface area contributed by atoms with Gasteiger partial charge in [-0.2, -0.15) is 0 Å². The first-order valence-electron chi connectivity index (χ1n) is 23.5. The summed E-state index contributed by atoms with van der Waals surface area (Å²) in [4.78, 5) is 2.44. The summed E-state index contributed by atoms with van der Waals surface area (Å²) in [5, 5.41) is 12.0. The third-order valence-electron chi connectivity index (χ3n) is 14.7. The van der Waals surface area contributed by atoms with Crippen molar-refractivity contribution >= 4 is 17.1 Å².